The van der Waals surface area contributed by atoms with Crippen LogP contribution in [0, 0.1) is 11.3 Å². The van der Waals surface area contributed by atoms with Gasteiger partial charge >= 0.3 is 5.97 Å². The van der Waals surface area contributed by atoms with E-state index >= 15 is 0 Å². The fourth-order valence-corrected chi connectivity index (χ4v) is 3.32. The molecule has 1 rings (SSSR count). The molecule has 1 saturated carbocycles. The highest BCUT2D eigenvalue weighted by molar-refractivity contribution is 14.1. The Hall–Kier alpha value is 0.200. The second kappa shape index (κ2) is 4.81. The summed E-state index contributed by atoms with van der Waals surface area (Å²) in [7, 11) is 0. The van der Waals surface area contributed by atoms with E-state index in [9.17, 15) is 9.90 Å². The molecular weight excluding hydrogens is 291 g/mol. The monoisotopic (exact) mass is 310 g/mol. The van der Waals surface area contributed by atoms with Crippen molar-refractivity contribution in [3.05, 3.63) is 0 Å². The van der Waals surface area contributed by atoms with Gasteiger partial charge in [0, 0.05) is 3.92 Å². The summed E-state index contributed by atoms with van der Waals surface area (Å²) in [4.78, 5) is 11.4. The van der Waals surface area contributed by atoms with Gasteiger partial charge in [0.1, 0.15) is 0 Å². The standard InChI is InChI=1S/C11H19IO2/c1-8(2)9(12)11(10(13)14)6-4-3-5-7-11/h8-9H,3-7H2,1-2H3,(H,13,14). The third-order valence-electron chi connectivity index (χ3n) is 3.28. The largest absolute Gasteiger partial charge is 0.481 e. The maximum absolute atomic E-state index is 11.4. The van der Waals surface area contributed by atoms with Gasteiger partial charge in [-0.05, 0) is 18.8 Å². The van der Waals surface area contributed by atoms with Crippen molar-refractivity contribution in [2.24, 2.45) is 11.3 Å². The van der Waals surface area contributed by atoms with Gasteiger partial charge in [-0.25, -0.2) is 0 Å². The van der Waals surface area contributed by atoms with Crippen molar-refractivity contribution in [1.82, 2.24) is 0 Å². The van der Waals surface area contributed by atoms with E-state index < -0.39 is 11.4 Å². The van der Waals surface area contributed by atoms with Crippen LogP contribution in [0.4, 0.5) is 0 Å². The molecule has 0 aliphatic heterocycles. The third kappa shape index (κ3) is 2.23. The highest BCUT2D eigenvalue weighted by Crippen LogP contribution is 2.45. The zero-order valence-corrected chi connectivity index (χ0v) is 11.1. The lowest BCUT2D eigenvalue weighted by molar-refractivity contribution is -0.151. The van der Waals surface area contributed by atoms with E-state index in [0.717, 1.165) is 25.7 Å². The molecule has 1 unspecified atom stereocenters. The van der Waals surface area contributed by atoms with Gasteiger partial charge in [0.25, 0.3) is 0 Å². The molecule has 3 heteroatoms. The first-order valence-corrected chi connectivity index (χ1v) is 6.63. The Morgan fingerprint density at radius 1 is 1.29 bits per heavy atom. The molecular formula is C11H19IO2. The van der Waals surface area contributed by atoms with Gasteiger partial charge in [-0.15, -0.1) is 0 Å². The van der Waals surface area contributed by atoms with Crippen LogP contribution in [0.3, 0.4) is 0 Å². The van der Waals surface area contributed by atoms with Crippen molar-refractivity contribution >= 4 is 28.6 Å². The molecule has 0 aromatic carbocycles. The van der Waals surface area contributed by atoms with Crippen molar-refractivity contribution in [3.63, 3.8) is 0 Å². The van der Waals surface area contributed by atoms with Crippen LogP contribution in [0.25, 0.3) is 0 Å². The lowest BCUT2D eigenvalue weighted by Crippen LogP contribution is -2.43. The summed E-state index contributed by atoms with van der Waals surface area (Å²) in [6, 6.07) is 0. The predicted octanol–water partition coefficient (Wildman–Crippen LogP) is 3.48. The summed E-state index contributed by atoms with van der Waals surface area (Å²) in [5.74, 6) is -0.130. The summed E-state index contributed by atoms with van der Waals surface area (Å²) in [5, 5.41) is 9.40. The molecule has 0 amide bonds. The predicted molar refractivity (Wildman–Crippen MR) is 65.8 cm³/mol. The van der Waals surface area contributed by atoms with Gasteiger partial charge in [-0.3, -0.25) is 4.79 Å². The van der Waals surface area contributed by atoms with E-state index in [2.05, 4.69) is 36.4 Å². The van der Waals surface area contributed by atoms with Crippen LogP contribution in [-0.2, 0) is 4.79 Å². The van der Waals surface area contributed by atoms with E-state index in [0.29, 0.717) is 5.92 Å². The van der Waals surface area contributed by atoms with Crippen molar-refractivity contribution < 1.29 is 9.90 Å². The Balaban J connectivity index is 2.85. The second-order valence-electron chi connectivity index (χ2n) is 4.67. The minimum atomic E-state index is -0.578. The number of carbonyl (C=O) groups is 1. The molecule has 1 atom stereocenters. The van der Waals surface area contributed by atoms with Crippen molar-refractivity contribution in [3.8, 4) is 0 Å². The second-order valence-corrected chi connectivity index (χ2v) is 6.01. The van der Waals surface area contributed by atoms with Gasteiger partial charge in [-0.1, -0.05) is 55.7 Å². The van der Waals surface area contributed by atoms with Crippen LogP contribution in [-0.4, -0.2) is 15.0 Å². The van der Waals surface area contributed by atoms with Crippen LogP contribution in [0.2, 0.25) is 0 Å². The number of hydrogen-bond acceptors (Lipinski definition) is 1. The zero-order chi connectivity index (χ0) is 10.8. The van der Waals surface area contributed by atoms with Gasteiger partial charge in [-0.2, -0.15) is 0 Å². The normalized spacial score (nSPS) is 23.4. The van der Waals surface area contributed by atoms with Crippen molar-refractivity contribution in [1.29, 1.82) is 0 Å². The number of hydrogen-bond donors (Lipinski definition) is 1. The molecule has 1 aliphatic carbocycles. The Kier molecular flexibility index (Phi) is 4.22. The molecule has 0 saturated heterocycles. The van der Waals surface area contributed by atoms with Gasteiger partial charge < -0.3 is 5.11 Å². The molecule has 14 heavy (non-hydrogen) atoms. The van der Waals surface area contributed by atoms with Crippen molar-refractivity contribution in [2.75, 3.05) is 0 Å². The molecule has 0 spiro atoms. The molecule has 1 fully saturated rings. The fourth-order valence-electron chi connectivity index (χ4n) is 2.43. The SMILES string of the molecule is CC(C)C(I)C1(C(=O)O)CCCCC1. The van der Waals surface area contributed by atoms with E-state index in [1.165, 1.54) is 6.42 Å². The summed E-state index contributed by atoms with van der Waals surface area (Å²) in [5.41, 5.74) is -0.438. The lowest BCUT2D eigenvalue weighted by atomic mass is 9.69. The number of halogens is 1. The van der Waals surface area contributed by atoms with E-state index in [1.54, 1.807) is 0 Å². The first-order valence-electron chi connectivity index (χ1n) is 5.38. The van der Waals surface area contributed by atoms with Crippen molar-refractivity contribution in [2.45, 2.75) is 49.9 Å². The topological polar surface area (TPSA) is 37.3 Å². The molecule has 1 aliphatic rings. The van der Waals surface area contributed by atoms with Gasteiger partial charge in [0.05, 0.1) is 5.41 Å². The number of carboxylic acid groups (broad SMARTS) is 1. The van der Waals surface area contributed by atoms with Gasteiger partial charge in [0.2, 0.25) is 0 Å². The van der Waals surface area contributed by atoms with Crippen LogP contribution < -0.4 is 0 Å². The minimum Gasteiger partial charge on any atom is -0.481 e. The molecule has 82 valence electrons. The third-order valence-corrected chi connectivity index (χ3v) is 5.92. The average Bonchev–Trinajstić information content (AvgIpc) is 2.17. The Morgan fingerprint density at radius 2 is 1.79 bits per heavy atom. The molecule has 0 bridgehead atoms. The fraction of sp³-hybridized carbons (Fsp3) is 0.909. The maximum Gasteiger partial charge on any atom is 0.310 e. The summed E-state index contributed by atoms with van der Waals surface area (Å²) < 4.78 is 0.262. The Bertz CT molecular complexity index is 207. The van der Waals surface area contributed by atoms with Crippen LogP contribution in [0.15, 0.2) is 0 Å². The molecule has 0 heterocycles. The molecule has 0 radical (unpaired) electrons. The highest BCUT2D eigenvalue weighted by Gasteiger charge is 2.46. The van der Waals surface area contributed by atoms with Crippen LogP contribution >= 0.6 is 22.6 Å². The van der Waals surface area contributed by atoms with Crippen LogP contribution in [0.1, 0.15) is 46.0 Å². The molecule has 0 aromatic rings. The number of alkyl halides is 1. The van der Waals surface area contributed by atoms with E-state index in [-0.39, 0.29) is 3.92 Å². The maximum atomic E-state index is 11.4. The summed E-state index contributed by atoms with van der Waals surface area (Å²) in [6.45, 7) is 4.24. The number of rotatable bonds is 3. The molecule has 1 N–H and O–H groups in total. The van der Waals surface area contributed by atoms with E-state index in [1.807, 2.05) is 0 Å². The average molecular weight is 310 g/mol. The van der Waals surface area contributed by atoms with Crippen LogP contribution in [0.5, 0.6) is 0 Å². The molecule has 2 nitrogen and oxygen atoms in total. The first-order chi connectivity index (χ1) is 6.50. The number of carboxylic acids is 1. The number of aliphatic carboxylic acids is 1. The highest BCUT2D eigenvalue weighted by atomic mass is 127. The zero-order valence-electron chi connectivity index (χ0n) is 8.92. The lowest BCUT2D eigenvalue weighted by Gasteiger charge is -2.39. The minimum absolute atomic E-state index is 0.262. The Labute approximate surface area is 99.6 Å². The first kappa shape index (κ1) is 12.3. The smallest absolute Gasteiger partial charge is 0.310 e. The molecule has 0 aromatic heterocycles. The quantitative estimate of drug-likeness (QED) is 0.640. The van der Waals surface area contributed by atoms with Gasteiger partial charge in [0.15, 0.2) is 0 Å². The summed E-state index contributed by atoms with van der Waals surface area (Å²) >= 11 is 2.34. The summed E-state index contributed by atoms with van der Waals surface area (Å²) in [6.07, 6.45) is 5.11. The van der Waals surface area contributed by atoms with E-state index in [4.69, 9.17) is 0 Å². The Morgan fingerprint density at radius 3 is 2.14 bits per heavy atom.